The Labute approximate surface area is 140 Å². The fourth-order valence-corrected chi connectivity index (χ4v) is 3.02. The lowest BCUT2D eigenvalue weighted by molar-refractivity contribution is -0.138. The fraction of sp³-hybridized carbons (Fsp3) is 0.882. The Morgan fingerprint density at radius 2 is 1.78 bits per heavy atom. The first-order chi connectivity index (χ1) is 10.7. The standard InChI is InChI=1S/C11H19NO2.C5H10O2.CH4O/c1-7(6-13)11(14-3)10-5-8-4-9(8)12(10)2;1-5(2,3)7-4-6;1-2/h6-11H,4-5H2,1-3H3;4H,1-3H3;2H,1H3. The first-order valence-corrected chi connectivity index (χ1v) is 8.01. The van der Waals surface area contributed by atoms with E-state index >= 15 is 0 Å². The van der Waals surface area contributed by atoms with Gasteiger partial charge in [-0.1, -0.05) is 6.92 Å². The molecule has 0 amide bonds. The van der Waals surface area contributed by atoms with Gasteiger partial charge in [0.1, 0.15) is 11.9 Å². The summed E-state index contributed by atoms with van der Waals surface area (Å²) in [6.07, 6.45) is 3.63. The van der Waals surface area contributed by atoms with Crippen LogP contribution < -0.4 is 0 Å². The number of carbonyl (C=O) groups is 2. The molecule has 0 aromatic carbocycles. The number of nitrogens with zero attached hydrogens (tertiary/aromatic N) is 1. The van der Waals surface area contributed by atoms with Gasteiger partial charge in [-0.2, -0.15) is 0 Å². The average Bonchev–Trinajstić information content (AvgIpc) is 3.20. The summed E-state index contributed by atoms with van der Waals surface area (Å²) in [7, 11) is 4.87. The van der Waals surface area contributed by atoms with Gasteiger partial charge in [-0.3, -0.25) is 9.69 Å². The summed E-state index contributed by atoms with van der Waals surface area (Å²) in [6, 6.07) is 1.22. The summed E-state index contributed by atoms with van der Waals surface area (Å²) in [6.45, 7) is 7.86. The molecule has 2 fully saturated rings. The van der Waals surface area contributed by atoms with Crippen LogP contribution in [0.1, 0.15) is 40.5 Å². The summed E-state index contributed by atoms with van der Waals surface area (Å²) < 4.78 is 10.0. The second-order valence-corrected chi connectivity index (χ2v) is 7.05. The van der Waals surface area contributed by atoms with Crippen molar-refractivity contribution < 1.29 is 24.2 Å². The van der Waals surface area contributed by atoms with Crippen molar-refractivity contribution in [1.29, 1.82) is 0 Å². The van der Waals surface area contributed by atoms with Gasteiger partial charge in [-0.05, 0) is 46.6 Å². The zero-order chi connectivity index (χ0) is 18.2. The van der Waals surface area contributed by atoms with Gasteiger partial charge >= 0.3 is 0 Å². The molecule has 0 bridgehead atoms. The highest BCUT2D eigenvalue weighted by molar-refractivity contribution is 5.54. The van der Waals surface area contributed by atoms with Crippen molar-refractivity contribution in [2.75, 3.05) is 21.3 Å². The number of methoxy groups -OCH3 is 1. The Bertz CT molecular complexity index is 355. The molecule has 1 saturated carbocycles. The number of fused-ring (bicyclic) bond motifs is 1. The lowest BCUT2D eigenvalue weighted by Crippen LogP contribution is -2.43. The second-order valence-electron chi connectivity index (χ2n) is 7.05. The van der Waals surface area contributed by atoms with Gasteiger partial charge in [0, 0.05) is 32.2 Å². The molecule has 1 heterocycles. The molecule has 0 spiro atoms. The summed E-state index contributed by atoms with van der Waals surface area (Å²) in [5.74, 6) is 0.881. The van der Waals surface area contributed by atoms with Crippen LogP contribution in [0.5, 0.6) is 0 Å². The second kappa shape index (κ2) is 10.0. The smallest absolute Gasteiger partial charge is 0.293 e. The minimum atomic E-state index is -0.318. The first kappa shape index (κ1) is 22.0. The maximum absolute atomic E-state index is 10.8. The molecule has 1 aliphatic carbocycles. The maximum Gasteiger partial charge on any atom is 0.293 e. The topological polar surface area (TPSA) is 76.1 Å². The zero-order valence-corrected chi connectivity index (χ0v) is 15.5. The SMILES string of the molecule is CC(C)(C)OC=O.CO.COC(C(C)C=O)C1CC2CC2N1C. The molecule has 2 rings (SSSR count). The molecule has 5 unspecified atom stereocenters. The molecule has 6 nitrogen and oxygen atoms in total. The van der Waals surface area contributed by atoms with Gasteiger partial charge < -0.3 is 19.4 Å². The Kier molecular flexibility index (Phi) is 9.58. The first-order valence-electron chi connectivity index (χ1n) is 8.01. The molecule has 1 aliphatic heterocycles. The van der Waals surface area contributed by atoms with E-state index in [4.69, 9.17) is 9.84 Å². The number of aliphatic hydroxyl groups excluding tert-OH is 1. The molecule has 1 saturated heterocycles. The monoisotopic (exact) mass is 331 g/mol. The van der Waals surface area contributed by atoms with Crippen LogP contribution in [-0.2, 0) is 19.1 Å². The fourth-order valence-electron chi connectivity index (χ4n) is 3.02. The molecule has 136 valence electrons. The van der Waals surface area contributed by atoms with Crippen LogP contribution in [0.25, 0.3) is 0 Å². The predicted molar refractivity (Wildman–Crippen MR) is 89.1 cm³/mol. The number of hydrogen-bond donors (Lipinski definition) is 1. The summed E-state index contributed by atoms with van der Waals surface area (Å²) in [5.41, 5.74) is -0.318. The van der Waals surface area contributed by atoms with Crippen LogP contribution in [0, 0.1) is 11.8 Å². The number of aliphatic hydroxyl groups is 1. The molecule has 6 heteroatoms. The number of piperidine rings is 1. The van der Waals surface area contributed by atoms with E-state index in [9.17, 15) is 9.59 Å². The molecular formula is C17H33NO5. The van der Waals surface area contributed by atoms with Crippen molar-refractivity contribution in [3.63, 3.8) is 0 Å². The minimum absolute atomic E-state index is 0.00458. The molecule has 0 aromatic rings. The highest BCUT2D eigenvalue weighted by Gasteiger charge is 2.52. The van der Waals surface area contributed by atoms with E-state index in [0.717, 1.165) is 25.4 Å². The van der Waals surface area contributed by atoms with E-state index in [1.54, 1.807) is 7.11 Å². The average molecular weight is 331 g/mol. The van der Waals surface area contributed by atoms with Gasteiger partial charge in [0.05, 0.1) is 6.10 Å². The van der Waals surface area contributed by atoms with Crippen molar-refractivity contribution in [3.05, 3.63) is 0 Å². The van der Waals surface area contributed by atoms with Crippen LogP contribution in [0.15, 0.2) is 0 Å². The van der Waals surface area contributed by atoms with Crippen LogP contribution in [0.2, 0.25) is 0 Å². The van der Waals surface area contributed by atoms with Crippen LogP contribution in [-0.4, -0.2) is 67.8 Å². The van der Waals surface area contributed by atoms with E-state index < -0.39 is 0 Å². The Morgan fingerprint density at radius 1 is 1.22 bits per heavy atom. The number of likely N-dealkylation sites (tertiary alicyclic amines) is 1. The lowest BCUT2D eigenvalue weighted by atomic mass is 9.96. The van der Waals surface area contributed by atoms with Crippen molar-refractivity contribution in [3.8, 4) is 0 Å². The number of carbonyl (C=O) groups excluding carboxylic acids is 2. The summed E-state index contributed by atoms with van der Waals surface area (Å²) in [4.78, 5) is 22.8. The molecular weight excluding hydrogens is 298 g/mol. The van der Waals surface area contributed by atoms with Gasteiger partial charge in [0.15, 0.2) is 0 Å². The quantitative estimate of drug-likeness (QED) is 0.769. The van der Waals surface area contributed by atoms with Crippen molar-refractivity contribution in [1.82, 2.24) is 4.90 Å². The third kappa shape index (κ3) is 6.97. The molecule has 0 radical (unpaired) electrons. The molecule has 23 heavy (non-hydrogen) atoms. The largest absolute Gasteiger partial charge is 0.462 e. The Hall–Kier alpha value is -0.980. The van der Waals surface area contributed by atoms with E-state index in [1.807, 2.05) is 27.7 Å². The number of aldehydes is 1. The Balaban J connectivity index is 0.000000460. The molecule has 2 aliphatic rings. The third-order valence-electron chi connectivity index (χ3n) is 4.26. The normalized spacial score (nSPS) is 28.1. The van der Waals surface area contributed by atoms with Crippen LogP contribution in [0.3, 0.4) is 0 Å². The van der Waals surface area contributed by atoms with E-state index in [2.05, 4.69) is 16.7 Å². The number of rotatable bonds is 5. The number of hydrogen-bond acceptors (Lipinski definition) is 6. The zero-order valence-electron chi connectivity index (χ0n) is 15.5. The molecule has 5 atom stereocenters. The van der Waals surface area contributed by atoms with Gasteiger partial charge in [-0.25, -0.2) is 0 Å². The van der Waals surface area contributed by atoms with Gasteiger partial charge in [0.2, 0.25) is 0 Å². The third-order valence-corrected chi connectivity index (χ3v) is 4.26. The minimum Gasteiger partial charge on any atom is -0.462 e. The molecule has 0 aromatic heterocycles. The van der Waals surface area contributed by atoms with Gasteiger partial charge in [0.25, 0.3) is 6.47 Å². The van der Waals surface area contributed by atoms with Crippen LogP contribution >= 0.6 is 0 Å². The van der Waals surface area contributed by atoms with E-state index in [1.165, 1.54) is 12.8 Å². The van der Waals surface area contributed by atoms with Crippen LogP contribution in [0.4, 0.5) is 0 Å². The summed E-state index contributed by atoms with van der Waals surface area (Å²) in [5, 5.41) is 7.00. The maximum atomic E-state index is 10.8. The number of ether oxygens (including phenoxy) is 2. The van der Waals surface area contributed by atoms with E-state index in [-0.39, 0.29) is 17.6 Å². The highest BCUT2D eigenvalue weighted by atomic mass is 16.5. The van der Waals surface area contributed by atoms with Crippen molar-refractivity contribution in [2.45, 2.75) is 64.3 Å². The lowest BCUT2D eigenvalue weighted by Gasteiger charge is -2.32. The van der Waals surface area contributed by atoms with Gasteiger partial charge in [-0.15, -0.1) is 0 Å². The number of likely N-dealkylation sites (N-methyl/N-ethyl adjacent to an activating group) is 1. The predicted octanol–water partition coefficient (Wildman–Crippen LogP) is 1.50. The van der Waals surface area contributed by atoms with Crippen molar-refractivity contribution in [2.24, 2.45) is 11.8 Å². The highest BCUT2D eigenvalue weighted by Crippen LogP contribution is 2.48. The molecule has 1 N–H and O–H groups in total. The Morgan fingerprint density at radius 3 is 2.04 bits per heavy atom. The van der Waals surface area contributed by atoms with E-state index in [0.29, 0.717) is 12.5 Å². The summed E-state index contributed by atoms with van der Waals surface area (Å²) >= 11 is 0. The van der Waals surface area contributed by atoms with Crippen molar-refractivity contribution >= 4 is 12.8 Å².